The van der Waals surface area contributed by atoms with E-state index >= 15 is 0 Å². The molecule has 0 unspecified atom stereocenters. The average Bonchev–Trinajstić information content (AvgIpc) is 2.79. The van der Waals surface area contributed by atoms with E-state index in [4.69, 9.17) is 0 Å². The molecular weight excluding hydrogens is 301 g/mol. The van der Waals surface area contributed by atoms with Crippen molar-refractivity contribution in [2.75, 3.05) is 7.05 Å². The zero-order valence-electron chi connectivity index (χ0n) is 9.65. The second-order valence-electron chi connectivity index (χ2n) is 3.86. The molecule has 0 saturated carbocycles. The van der Waals surface area contributed by atoms with Crippen LogP contribution in [-0.4, -0.2) is 27.8 Å². The van der Waals surface area contributed by atoms with Gasteiger partial charge in [-0.3, -0.25) is 4.79 Å². The number of nitrogens with zero attached hydrogens (tertiary/aromatic N) is 2. The fourth-order valence-electron chi connectivity index (χ4n) is 1.58. The first kappa shape index (κ1) is 12.8. The molecule has 1 amide bonds. The molecule has 6 heteroatoms. The van der Waals surface area contributed by atoms with Crippen LogP contribution in [-0.2, 0) is 6.54 Å². The van der Waals surface area contributed by atoms with Gasteiger partial charge in [-0.15, -0.1) is 0 Å². The lowest BCUT2D eigenvalue weighted by Crippen LogP contribution is -2.26. The first-order valence-corrected chi connectivity index (χ1v) is 6.05. The molecule has 94 valence electrons. The molecule has 2 rings (SSSR count). The number of benzene rings is 1. The number of amides is 1. The van der Waals surface area contributed by atoms with E-state index in [1.54, 1.807) is 25.5 Å². The summed E-state index contributed by atoms with van der Waals surface area (Å²) in [7, 11) is 1.64. The van der Waals surface area contributed by atoms with Gasteiger partial charge >= 0.3 is 0 Å². The zero-order chi connectivity index (χ0) is 13.1. The molecule has 1 aromatic heterocycles. The number of rotatable bonds is 3. The van der Waals surface area contributed by atoms with Crippen LogP contribution < -0.4 is 0 Å². The molecule has 0 saturated heterocycles. The van der Waals surface area contributed by atoms with Crippen LogP contribution in [0.5, 0.6) is 0 Å². The van der Waals surface area contributed by atoms with E-state index in [0.717, 1.165) is 0 Å². The summed E-state index contributed by atoms with van der Waals surface area (Å²) >= 11 is 3.16. The third kappa shape index (κ3) is 2.95. The standard InChI is InChI=1S/C12H11BrFN3O/c1-17(7-11-15-2-3-16-11)12(18)8-4-9(13)6-10(14)5-8/h2-6H,7H2,1H3,(H,15,16). The van der Waals surface area contributed by atoms with Crippen LogP contribution in [0.15, 0.2) is 35.1 Å². The average molecular weight is 312 g/mol. The Bertz CT molecular complexity index is 536. The van der Waals surface area contributed by atoms with Crippen LogP contribution in [0.25, 0.3) is 0 Å². The number of carbonyl (C=O) groups excluding carboxylic acids is 1. The Morgan fingerprint density at radius 3 is 2.89 bits per heavy atom. The van der Waals surface area contributed by atoms with Crippen LogP contribution in [0.3, 0.4) is 0 Å². The Hall–Kier alpha value is -1.69. The zero-order valence-corrected chi connectivity index (χ0v) is 11.2. The highest BCUT2D eigenvalue weighted by molar-refractivity contribution is 9.10. The maximum atomic E-state index is 13.2. The molecule has 2 aromatic rings. The van der Waals surface area contributed by atoms with Gasteiger partial charge in [0.25, 0.3) is 5.91 Å². The van der Waals surface area contributed by atoms with E-state index in [1.165, 1.54) is 17.0 Å². The number of aromatic nitrogens is 2. The summed E-state index contributed by atoms with van der Waals surface area (Å²) in [5, 5.41) is 0. The van der Waals surface area contributed by atoms with Crippen molar-refractivity contribution in [3.05, 3.63) is 52.3 Å². The predicted molar refractivity (Wildman–Crippen MR) is 68.5 cm³/mol. The Morgan fingerprint density at radius 1 is 1.50 bits per heavy atom. The minimum absolute atomic E-state index is 0.258. The van der Waals surface area contributed by atoms with Crippen molar-refractivity contribution in [2.45, 2.75) is 6.54 Å². The van der Waals surface area contributed by atoms with Gasteiger partial charge in [-0.2, -0.15) is 0 Å². The van der Waals surface area contributed by atoms with Crippen molar-refractivity contribution in [1.29, 1.82) is 0 Å². The molecule has 1 aromatic carbocycles. The van der Waals surface area contributed by atoms with Crippen LogP contribution in [0.2, 0.25) is 0 Å². The first-order chi connectivity index (χ1) is 8.56. The fraction of sp³-hybridized carbons (Fsp3) is 0.167. The summed E-state index contributed by atoms with van der Waals surface area (Å²) in [4.78, 5) is 20.5. The lowest BCUT2D eigenvalue weighted by atomic mass is 10.2. The number of carbonyl (C=O) groups is 1. The molecule has 0 atom stereocenters. The Morgan fingerprint density at radius 2 is 2.28 bits per heavy atom. The highest BCUT2D eigenvalue weighted by Crippen LogP contribution is 2.16. The van der Waals surface area contributed by atoms with E-state index in [1.807, 2.05) is 0 Å². The molecular formula is C12H11BrFN3O. The Labute approximate surface area is 112 Å². The molecule has 0 aliphatic carbocycles. The Kier molecular flexibility index (Phi) is 3.76. The van der Waals surface area contributed by atoms with Crippen molar-refractivity contribution in [3.8, 4) is 0 Å². The second kappa shape index (κ2) is 5.30. The molecule has 4 nitrogen and oxygen atoms in total. The summed E-state index contributed by atoms with van der Waals surface area (Å²) in [6, 6.07) is 4.11. The van der Waals surface area contributed by atoms with E-state index < -0.39 is 5.82 Å². The van der Waals surface area contributed by atoms with E-state index in [-0.39, 0.29) is 5.91 Å². The fourth-order valence-corrected chi connectivity index (χ4v) is 2.04. The van der Waals surface area contributed by atoms with Gasteiger partial charge in [-0.1, -0.05) is 15.9 Å². The second-order valence-corrected chi connectivity index (χ2v) is 4.77. The third-order valence-corrected chi connectivity index (χ3v) is 2.86. The molecule has 0 bridgehead atoms. The largest absolute Gasteiger partial charge is 0.347 e. The number of hydrogen-bond acceptors (Lipinski definition) is 2. The summed E-state index contributed by atoms with van der Waals surface area (Å²) in [5.41, 5.74) is 0.302. The van der Waals surface area contributed by atoms with Crippen LogP contribution in [0.4, 0.5) is 4.39 Å². The molecule has 1 N–H and O–H groups in total. The number of nitrogens with one attached hydrogen (secondary N) is 1. The first-order valence-electron chi connectivity index (χ1n) is 5.26. The van der Waals surface area contributed by atoms with Crippen molar-refractivity contribution in [3.63, 3.8) is 0 Å². The number of halogens is 2. The normalized spacial score (nSPS) is 10.4. The number of hydrogen-bond donors (Lipinski definition) is 1. The number of imidazole rings is 1. The van der Waals surface area contributed by atoms with Crippen LogP contribution in [0, 0.1) is 5.82 Å². The lowest BCUT2D eigenvalue weighted by Gasteiger charge is -2.16. The Balaban J connectivity index is 2.15. The van der Waals surface area contributed by atoms with Gasteiger partial charge in [-0.25, -0.2) is 9.37 Å². The maximum absolute atomic E-state index is 13.2. The highest BCUT2D eigenvalue weighted by Gasteiger charge is 2.14. The highest BCUT2D eigenvalue weighted by atomic mass is 79.9. The van der Waals surface area contributed by atoms with E-state index in [9.17, 15) is 9.18 Å². The third-order valence-electron chi connectivity index (χ3n) is 2.40. The van der Waals surface area contributed by atoms with Gasteiger partial charge in [0.05, 0.1) is 6.54 Å². The topological polar surface area (TPSA) is 49.0 Å². The SMILES string of the molecule is CN(Cc1ncc[nH]1)C(=O)c1cc(F)cc(Br)c1. The van der Waals surface area contributed by atoms with Gasteiger partial charge < -0.3 is 9.88 Å². The molecule has 0 spiro atoms. The maximum Gasteiger partial charge on any atom is 0.254 e. The number of aromatic amines is 1. The van der Waals surface area contributed by atoms with Gasteiger partial charge in [0.1, 0.15) is 11.6 Å². The summed E-state index contributed by atoms with van der Waals surface area (Å²) in [6.07, 6.45) is 3.30. The van der Waals surface area contributed by atoms with Crippen molar-refractivity contribution in [1.82, 2.24) is 14.9 Å². The van der Waals surface area contributed by atoms with Gasteiger partial charge in [0, 0.05) is 29.5 Å². The van der Waals surface area contributed by atoms with Crippen molar-refractivity contribution >= 4 is 21.8 Å². The molecule has 18 heavy (non-hydrogen) atoms. The van der Waals surface area contributed by atoms with E-state index in [0.29, 0.717) is 22.4 Å². The number of H-pyrrole nitrogens is 1. The summed E-state index contributed by atoms with van der Waals surface area (Å²) in [5.74, 6) is -0.0213. The predicted octanol–water partition coefficient (Wildman–Crippen LogP) is 2.58. The van der Waals surface area contributed by atoms with Crippen molar-refractivity contribution < 1.29 is 9.18 Å². The smallest absolute Gasteiger partial charge is 0.254 e. The molecule has 1 heterocycles. The quantitative estimate of drug-likeness (QED) is 0.947. The lowest BCUT2D eigenvalue weighted by molar-refractivity contribution is 0.0781. The minimum Gasteiger partial charge on any atom is -0.347 e. The van der Waals surface area contributed by atoms with Crippen LogP contribution in [0.1, 0.15) is 16.2 Å². The van der Waals surface area contributed by atoms with Crippen molar-refractivity contribution in [2.24, 2.45) is 0 Å². The van der Waals surface area contributed by atoms with Gasteiger partial charge in [0.15, 0.2) is 0 Å². The monoisotopic (exact) mass is 311 g/mol. The summed E-state index contributed by atoms with van der Waals surface area (Å²) in [6.45, 7) is 0.347. The van der Waals surface area contributed by atoms with Gasteiger partial charge in [0.2, 0.25) is 0 Å². The van der Waals surface area contributed by atoms with Crippen LogP contribution >= 0.6 is 15.9 Å². The van der Waals surface area contributed by atoms with Gasteiger partial charge in [-0.05, 0) is 18.2 Å². The molecule has 0 fully saturated rings. The summed E-state index contributed by atoms with van der Waals surface area (Å²) < 4.78 is 13.7. The minimum atomic E-state index is -0.445. The molecule has 0 aliphatic heterocycles. The molecule has 0 radical (unpaired) electrons. The van der Waals surface area contributed by atoms with E-state index in [2.05, 4.69) is 25.9 Å². The molecule has 0 aliphatic rings.